The fourth-order valence-electron chi connectivity index (χ4n) is 3.86. The van der Waals surface area contributed by atoms with Gasteiger partial charge in [-0.2, -0.15) is 0 Å². The Bertz CT molecular complexity index is 982. The molecule has 4 rings (SSSR count). The first kappa shape index (κ1) is 21.0. The Morgan fingerprint density at radius 1 is 1.32 bits per heavy atom. The zero-order valence-electron chi connectivity index (χ0n) is 17.8. The van der Waals surface area contributed by atoms with Crippen LogP contribution in [0.2, 0.25) is 0 Å². The number of rotatable bonds is 5. The molecule has 10 nitrogen and oxygen atoms in total. The van der Waals surface area contributed by atoms with Gasteiger partial charge in [0.15, 0.2) is 11.6 Å². The third kappa shape index (κ3) is 3.79. The fraction of sp³-hybridized carbons (Fsp3) is 0.429. The molecule has 1 aromatic heterocycles. The van der Waals surface area contributed by atoms with E-state index in [-0.39, 0.29) is 11.9 Å². The van der Waals surface area contributed by atoms with E-state index in [1.807, 2.05) is 24.0 Å². The van der Waals surface area contributed by atoms with Gasteiger partial charge in [-0.1, -0.05) is 0 Å². The molecule has 2 aromatic rings. The van der Waals surface area contributed by atoms with Gasteiger partial charge in [-0.3, -0.25) is 4.79 Å². The molecule has 2 N–H and O–H groups in total. The van der Waals surface area contributed by atoms with Crippen molar-refractivity contribution < 1.29 is 19.1 Å². The van der Waals surface area contributed by atoms with Crippen LogP contribution in [0.4, 0.5) is 22.0 Å². The van der Waals surface area contributed by atoms with Crippen molar-refractivity contribution >= 4 is 29.1 Å². The van der Waals surface area contributed by atoms with E-state index >= 15 is 0 Å². The number of nitrogens with one attached hydrogen (secondary N) is 2. The molecule has 10 heteroatoms. The van der Waals surface area contributed by atoms with Crippen molar-refractivity contribution in [1.82, 2.24) is 15.3 Å². The number of hydrogen-bond acceptors (Lipinski definition) is 7. The summed E-state index contributed by atoms with van der Waals surface area (Å²) in [6, 6.07) is 7.00. The predicted octanol–water partition coefficient (Wildman–Crippen LogP) is 1.48. The molecule has 1 atom stereocenters. The van der Waals surface area contributed by atoms with Crippen LogP contribution in [0.5, 0.6) is 0 Å². The first-order chi connectivity index (χ1) is 15.0. The van der Waals surface area contributed by atoms with Crippen LogP contribution in [-0.4, -0.2) is 74.5 Å². The number of nitrogens with zero attached hydrogens (tertiary/aromatic N) is 4. The number of aromatic nitrogens is 2. The van der Waals surface area contributed by atoms with Gasteiger partial charge in [-0.05, 0) is 31.2 Å². The van der Waals surface area contributed by atoms with Crippen LogP contribution in [-0.2, 0) is 14.3 Å². The molecule has 2 aliphatic heterocycles. The van der Waals surface area contributed by atoms with Gasteiger partial charge in [0, 0.05) is 38.5 Å². The third-order valence-electron chi connectivity index (χ3n) is 5.59. The number of morpholine rings is 1. The normalized spacial score (nSPS) is 20.2. The number of benzene rings is 1. The first-order valence-electron chi connectivity index (χ1n) is 10.1. The lowest BCUT2D eigenvalue weighted by molar-refractivity contribution is -0.127. The highest BCUT2D eigenvalue weighted by molar-refractivity contribution is 6.07. The molecule has 1 fully saturated rings. The summed E-state index contributed by atoms with van der Waals surface area (Å²) in [6.45, 7) is 4.10. The van der Waals surface area contributed by atoms with Crippen LogP contribution in [0.1, 0.15) is 6.92 Å². The Morgan fingerprint density at radius 3 is 2.81 bits per heavy atom. The maximum Gasteiger partial charge on any atom is 0.318 e. The molecule has 0 bridgehead atoms. The lowest BCUT2D eigenvalue weighted by Gasteiger charge is -2.50. The summed E-state index contributed by atoms with van der Waals surface area (Å²) in [7, 11) is 3.17. The Kier molecular flexibility index (Phi) is 5.75. The molecule has 0 spiro atoms. The van der Waals surface area contributed by atoms with Crippen molar-refractivity contribution in [3.05, 3.63) is 30.5 Å². The molecule has 0 saturated carbocycles. The molecule has 3 heterocycles. The van der Waals surface area contributed by atoms with E-state index in [0.717, 1.165) is 5.56 Å². The zero-order valence-corrected chi connectivity index (χ0v) is 17.8. The van der Waals surface area contributed by atoms with Crippen LogP contribution in [0.15, 0.2) is 30.5 Å². The van der Waals surface area contributed by atoms with E-state index < -0.39 is 5.54 Å². The predicted molar refractivity (Wildman–Crippen MR) is 116 cm³/mol. The van der Waals surface area contributed by atoms with Crippen molar-refractivity contribution in [1.29, 1.82) is 0 Å². The van der Waals surface area contributed by atoms with Gasteiger partial charge in [0.1, 0.15) is 11.2 Å². The van der Waals surface area contributed by atoms with E-state index in [1.54, 1.807) is 37.4 Å². The molecule has 0 aliphatic carbocycles. The number of fused-ring (bicyclic) bond motifs is 3. The molecule has 1 aromatic carbocycles. The van der Waals surface area contributed by atoms with Gasteiger partial charge >= 0.3 is 6.03 Å². The number of carbonyl (C=O) groups is 2. The average Bonchev–Trinajstić information content (AvgIpc) is 2.79. The van der Waals surface area contributed by atoms with Crippen molar-refractivity contribution in [2.45, 2.75) is 12.5 Å². The maximum absolute atomic E-state index is 13.3. The molecule has 31 heavy (non-hydrogen) atoms. The second-order valence-electron chi connectivity index (χ2n) is 7.61. The SMILES string of the molecule is CNC(=O)Nc1ccc(-c2ncc3c(n2)N2CCOCC2(C)C(=O)N3CCOC)cc1. The van der Waals surface area contributed by atoms with Gasteiger partial charge in [-0.25, -0.2) is 14.8 Å². The van der Waals surface area contributed by atoms with Gasteiger partial charge in [0.25, 0.3) is 5.91 Å². The molecule has 164 valence electrons. The van der Waals surface area contributed by atoms with Gasteiger partial charge in [0.05, 0.1) is 26.0 Å². The number of methoxy groups -OCH3 is 1. The molecule has 3 amide bonds. The van der Waals surface area contributed by atoms with Crippen LogP contribution < -0.4 is 20.4 Å². The summed E-state index contributed by atoms with van der Waals surface area (Å²) in [6.07, 6.45) is 1.69. The van der Waals surface area contributed by atoms with Crippen molar-refractivity contribution in [3.8, 4) is 11.4 Å². The summed E-state index contributed by atoms with van der Waals surface area (Å²) in [5.74, 6) is 1.21. The molecule has 1 saturated heterocycles. The highest BCUT2D eigenvalue weighted by atomic mass is 16.5. The number of anilines is 3. The monoisotopic (exact) mass is 426 g/mol. The van der Waals surface area contributed by atoms with Gasteiger partial charge in [-0.15, -0.1) is 0 Å². The Labute approximate surface area is 180 Å². The lowest BCUT2D eigenvalue weighted by Crippen LogP contribution is -2.67. The Hall–Kier alpha value is -3.24. The van der Waals surface area contributed by atoms with Crippen molar-refractivity contribution in [3.63, 3.8) is 0 Å². The summed E-state index contributed by atoms with van der Waals surface area (Å²) in [5.41, 5.74) is 1.31. The summed E-state index contributed by atoms with van der Waals surface area (Å²) < 4.78 is 10.8. The van der Waals surface area contributed by atoms with Crippen molar-refractivity contribution in [2.75, 3.05) is 62.2 Å². The average molecular weight is 426 g/mol. The minimum absolute atomic E-state index is 0.0438. The lowest BCUT2D eigenvalue weighted by atomic mass is 9.94. The van der Waals surface area contributed by atoms with Gasteiger partial charge in [0.2, 0.25) is 0 Å². The zero-order chi connectivity index (χ0) is 22.0. The summed E-state index contributed by atoms with van der Waals surface area (Å²) >= 11 is 0. The van der Waals surface area contributed by atoms with E-state index in [4.69, 9.17) is 14.5 Å². The molecular weight excluding hydrogens is 400 g/mol. The van der Waals surface area contributed by atoms with E-state index in [0.29, 0.717) is 55.9 Å². The van der Waals surface area contributed by atoms with Crippen LogP contribution >= 0.6 is 0 Å². The van der Waals surface area contributed by atoms with Crippen LogP contribution in [0.3, 0.4) is 0 Å². The second-order valence-corrected chi connectivity index (χ2v) is 7.61. The Morgan fingerprint density at radius 2 is 2.10 bits per heavy atom. The third-order valence-corrected chi connectivity index (χ3v) is 5.59. The molecule has 0 radical (unpaired) electrons. The number of amides is 3. The van der Waals surface area contributed by atoms with E-state index in [1.165, 1.54) is 0 Å². The smallest absolute Gasteiger partial charge is 0.318 e. The van der Waals surface area contributed by atoms with Crippen LogP contribution in [0, 0.1) is 0 Å². The quantitative estimate of drug-likeness (QED) is 0.745. The maximum atomic E-state index is 13.3. The Balaban J connectivity index is 1.71. The minimum atomic E-state index is -0.827. The highest BCUT2D eigenvalue weighted by Crippen LogP contribution is 2.41. The van der Waals surface area contributed by atoms with Crippen molar-refractivity contribution in [2.24, 2.45) is 0 Å². The molecule has 1 unspecified atom stereocenters. The highest BCUT2D eigenvalue weighted by Gasteiger charge is 2.50. The number of urea groups is 1. The fourth-order valence-corrected chi connectivity index (χ4v) is 3.86. The molecule has 2 aliphatic rings. The largest absolute Gasteiger partial charge is 0.383 e. The van der Waals surface area contributed by atoms with Gasteiger partial charge < -0.3 is 29.9 Å². The topological polar surface area (TPSA) is 109 Å². The number of carbonyl (C=O) groups excluding carboxylic acids is 2. The number of hydrogen-bond donors (Lipinski definition) is 2. The first-order valence-corrected chi connectivity index (χ1v) is 10.1. The molecular formula is C21H26N6O4. The van der Waals surface area contributed by atoms with Crippen LogP contribution in [0.25, 0.3) is 11.4 Å². The standard InChI is InChI=1S/C21H26N6O4/c1-21-13-31-11-9-27(21)18-16(26(19(21)28)8-10-30-3)12-23-17(25-18)14-4-6-15(7-5-14)24-20(29)22-2/h4-7,12H,8-11,13H2,1-3H3,(H2,22,24,29). The minimum Gasteiger partial charge on any atom is -0.383 e. The van der Waals surface area contributed by atoms with E-state index in [2.05, 4.69) is 15.6 Å². The number of ether oxygens (including phenoxy) is 2. The summed E-state index contributed by atoms with van der Waals surface area (Å²) in [5, 5.41) is 5.24. The van der Waals surface area contributed by atoms with E-state index in [9.17, 15) is 9.59 Å². The second kappa shape index (κ2) is 8.48. The summed E-state index contributed by atoms with van der Waals surface area (Å²) in [4.78, 5) is 37.9.